The highest BCUT2D eigenvalue weighted by Crippen LogP contribution is 2.26. The Morgan fingerprint density at radius 2 is 2.20 bits per heavy atom. The number of hydrogen-bond donors (Lipinski definition) is 2. The van der Waals surface area contributed by atoms with Crippen LogP contribution in [-0.2, 0) is 16.4 Å². The van der Waals surface area contributed by atoms with Gasteiger partial charge in [-0.3, -0.25) is 0 Å². The smallest absolute Gasteiger partial charge is 0.271 e. The van der Waals surface area contributed by atoms with Gasteiger partial charge >= 0.3 is 0 Å². The molecule has 2 rings (SSSR count). The zero-order valence-corrected chi connectivity index (χ0v) is 8.62. The molecule has 0 bridgehead atoms. The molecule has 1 heterocycles. The van der Waals surface area contributed by atoms with Crippen molar-refractivity contribution in [2.45, 2.75) is 24.4 Å². The molecule has 0 spiro atoms. The first-order valence-corrected chi connectivity index (χ1v) is 5.94. The first-order valence-electron chi connectivity index (χ1n) is 4.39. The first-order chi connectivity index (χ1) is 7.02. The molecule has 0 atom stereocenters. The van der Waals surface area contributed by atoms with Gasteiger partial charge in [-0.1, -0.05) is 5.16 Å². The van der Waals surface area contributed by atoms with Crippen molar-refractivity contribution in [3.63, 3.8) is 0 Å². The quantitative estimate of drug-likeness (QED) is 0.539. The van der Waals surface area contributed by atoms with Gasteiger partial charge < -0.3 is 9.62 Å². The molecule has 82 valence electrons. The number of hydrogen-bond acceptors (Lipinski definition) is 5. The molecule has 1 aliphatic carbocycles. The Bertz CT molecular complexity index is 515. The molecule has 0 amide bonds. The van der Waals surface area contributed by atoms with Crippen molar-refractivity contribution in [3.8, 4) is 0 Å². The number of primary sulfonamides is 1. The van der Waals surface area contributed by atoms with Crippen LogP contribution in [-0.4, -0.2) is 19.3 Å². The lowest BCUT2D eigenvalue weighted by atomic mass is 9.97. The number of furan rings is 1. The molecule has 0 saturated carbocycles. The molecule has 0 aromatic carbocycles. The fourth-order valence-electron chi connectivity index (χ4n) is 1.63. The van der Waals surface area contributed by atoms with Gasteiger partial charge in [-0.05, 0) is 12.8 Å². The lowest BCUT2D eigenvalue weighted by Crippen LogP contribution is -2.11. The van der Waals surface area contributed by atoms with Crippen LogP contribution in [0.3, 0.4) is 0 Å². The topological polar surface area (TPSA) is 106 Å². The predicted octanol–water partition coefficient (Wildman–Crippen LogP) is 0.442. The molecule has 0 fully saturated rings. The van der Waals surface area contributed by atoms with E-state index in [0.717, 1.165) is 6.42 Å². The summed E-state index contributed by atoms with van der Waals surface area (Å²) in [5.74, 6) is 0.512. The SMILES string of the molecule is NS(=O)(=O)c1cc2c(o1)CCC/C2=N/O. The van der Waals surface area contributed by atoms with Crippen LogP contribution in [0.15, 0.2) is 20.7 Å². The minimum Gasteiger partial charge on any atom is -0.448 e. The van der Waals surface area contributed by atoms with Crippen molar-refractivity contribution in [3.05, 3.63) is 17.4 Å². The van der Waals surface area contributed by atoms with Gasteiger partial charge in [-0.15, -0.1) is 0 Å². The van der Waals surface area contributed by atoms with Crippen molar-refractivity contribution >= 4 is 15.7 Å². The minimum absolute atomic E-state index is 0.282. The van der Waals surface area contributed by atoms with E-state index in [1.54, 1.807) is 0 Å². The van der Waals surface area contributed by atoms with Crippen LogP contribution in [0, 0.1) is 0 Å². The van der Waals surface area contributed by atoms with Crippen LogP contribution in [0.1, 0.15) is 24.2 Å². The summed E-state index contributed by atoms with van der Waals surface area (Å²) in [5, 5.41) is 16.5. The predicted molar refractivity (Wildman–Crippen MR) is 51.3 cm³/mol. The second-order valence-corrected chi connectivity index (χ2v) is 4.84. The molecule has 0 unspecified atom stereocenters. The van der Waals surface area contributed by atoms with Crippen LogP contribution in [0.4, 0.5) is 0 Å². The summed E-state index contributed by atoms with van der Waals surface area (Å²) < 4.78 is 27.2. The summed E-state index contributed by atoms with van der Waals surface area (Å²) in [6, 6.07) is 1.30. The van der Waals surface area contributed by atoms with Crippen molar-refractivity contribution < 1.29 is 18.0 Å². The Hall–Kier alpha value is -1.34. The molecular formula is C8H10N2O4S. The fourth-order valence-corrected chi connectivity index (χ4v) is 2.13. The van der Waals surface area contributed by atoms with Crippen LogP contribution < -0.4 is 5.14 Å². The van der Waals surface area contributed by atoms with Gasteiger partial charge in [-0.25, -0.2) is 13.6 Å². The van der Waals surface area contributed by atoms with Crippen molar-refractivity contribution in [2.75, 3.05) is 0 Å². The summed E-state index contributed by atoms with van der Waals surface area (Å²) in [6.45, 7) is 0. The van der Waals surface area contributed by atoms with E-state index in [0.29, 0.717) is 29.9 Å². The third-order valence-corrected chi connectivity index (χ3v) is 3.08. The van der Waals surface area contributed by atoms with E-state index in [2.05, 4.69) is 5.16 Å². The third kappa shape index (κ3) is 1.75. The first kappa shape index (κ1) is 10.2. The highest BCUT2D eigenvalue weighted by Gasteiger charge is 2.24. The largest absolute Gasteiger partial charge is 0.448 e. The van der Waals surface area contributed by atoms with Crippen LogP contribution >= 0.6 is 0 Å². The maximum atomic E-state index is 11.0. The van der Waals surface area contributed by atoms with E-state index in [4.69, 9.17) is 14.8 Å². The Morgan fingerprint density at radius 1 is 1.47 bits per heavy atom. The number of sulfonamides is 1. The third-order valence-electron chi connectivity index (χ3n) is 2.32. The fraction of sp³-hybridized carbons (Fsp3) is 0.375. The average molecular weight is 230 g/mol. The lowest BCUT2D eigenvalue weighted by molar-refractivity contribution is 0.316. The number of oxime groups is 1. The summed E-state index contributed by atoms with van der Waals surface area (Å²) in [7, 11) is -3.83. The molecule has 0 saturated heterocycles. The Morgan fingerprint density at radius 3 is 2.80 bits per heavy atom. The zero-order valence-electron chi connectivity index (χ0n) is 7.80. The molecule has 7 heteroatoms. The second kappa shape index (κ2) is 3.35. The van der Waals surface area contributed by atoms with E-state index in [1.165, 1.54) is 6.07 Å². The Kier molecular flexibility index (Phi) is 2.28. The van der Waals surface area contributed by atoms with E-state index in [1.807, 2.05) is 0 Å². The Labute approximate surface area is 86.4 Å². The molecular weight excluding hydrogens is 220 g/mol. The highest BCUT2D eigenvalue weighted by molar-refractivity contribution is 7.89. The van der Waals surface area contributed by atoms with E-state index in [-0.39, 0.29) is 5.09 Å². The lowest BCUT2D eigenvalue weighted by Gasteiger charge is -2.09. The summed E-state index contributed by atoms with van der Waals surface area (Å²) >= 11 is 0. The molecule has 3 N–H and O–H groups in total. The summed E-state index contributed by atoms with van der Waals surface area (Å²) in [5.41, 5.74) is 0.975. The molecule has 6 nitrogen and oxygen atoms in total. The van der Waals surface area contributed by atoms with Crippen LogP contribution in [0.2, 0.25) is 0 Å². The maximum Gasteiger partial charge on any atom is 0.271 e. The van der Waals surface area contributed by atoms with Crippen LogP contribution in [0.25, 0.3) is 0 Å². The number of rotatable bonds is 1. The van der Waals surface area contributed by atoms with Crippen molar-refractivity contribution in [1.82, 2.24) is 0 Å². The average Bonchev–Trinajstić information content (AvgIpc) is 2.59. The number of fused-ring (bicyclic) bond motifs is 1. The maximum absolute atomic E-state index is 11.0. The van der Waals surface area contributed by atoms with Gasteiger partial charge in [-0.2, -0.15) is 0 Å². The van der Waals surface area contributed by atoms with Gasteiger partial charge in [0, 0.05) is 18.1 Å². The molecule has 1 aliphatic rings. The normalized spacial score (nSPS) is 19.1. The molecule has 1 aromatic rings. The van der Waals surface area contributed by atoms with Gasteiger partial charge in [0.25, 0.3) is 10.0 Å². The summed E-state index contributed by atoms with van der Waals surface area (Å²) in [6.07, 6.45) is 2.00. The monoisotopic (exact) mass is 230 g/mol. The second-order valence-electron chi connectivity index (χ2n) is 3.35. The van der Waals surface area contributed by atoms with Crippen LogP contribution in [0.5, 0.6) is 0 Å². The molecule has 0 radical (unpaired) electrons. The zero-order chi connectivity index (χ0) is 11.1. The standard InChI is InChI=1S/C8H10N2O4S/c9-15(12,13)8-4-5-6(10-11)2-1-3-7(5)14-8/h4,11H,1-3H2,(H2,9,12,13)/b10-6-. The molecule has 1 aromatic heterocycles. The van der Waals surface area contributed by atoms with Gasteiger partial charge in [0.1, 0.15) is 5.76 Å². The van der Waals surface area contributed by atoms with E-state index >= 15 is 0 Å². The molecule has 0 aliphatic heterocycles. The minimum atomic E-state index is -3.83. The van der Waals surface area contributed by atoms with Crippen molar-refractivity contribution in [1.29, 1.82) is 0 Å². The van der Waals surface area contributed by atoms with E-state index < -0.39 is 10.0 Å². The number of nitrogens with two attached hydrogens (primary N) is 1. The highest BCUT2D eigenvalue weighted by atomic mass is 32.2. The van der Waals surface area contributed by atoms with E-state index in [9.17, 15) is 8.42 Å². The number of aryl methyl sites for hydroxylation is 1. The van der Waals surface area contributed by atoms with Crippen molar-refractivity contribution in [2.24, 2.45) is 10.3 Å². The number of nitrogens with zero attached hydrogens (tertiary/aromatic N) is 1. The molecule has 15 heavy (non-hydrogen) atoms. The van der Waals surface area contributed by atoms with Gasteiger partial charge in [0.15, 0.2) is 0 Å². The van der Waals surface area contributed by atoms with Gasteiger partial charge in [0.2, 0.25) is 5.09 Å². The summed E-state index contributed by atoms with van der Waals surface area (Å²) in [4.78, 5) is 0. The Balaban J connectivity index is 2.56. The van der Waals surface area contributed by atoms with Gasteiger partial charge in [0.05, 0.1) is 5.71 Å².